The van der Waals surface area contributed by atoms with E-state index in [4.69, 9.17) is 10.5 Å². The van der Waals surface area contributed by atoms with Crippen LogP contribution in [0.2, 0.25) is 0 Å². The molecule has 1 heterocycles. The molecule has 1 rings (SSSR count). The van der Waals surface area contributed by atoms with E-state index in [1.54, 1.807) is 39.0 Å². The lowest BCUT2D eigenvalue weighted by Gasteiger charge is -2.21. The minimum Gasteiger partial charge on any atom is -0.383 e. The molecule has 0 aliphatic heterocycles. The second-order valence-corrected chi connectivity index (χ2v) is 4.39. The first-order valence-electron chi connectivity index (χ1n) is 5.76. The quantitative estimate of drug-likeness (QED) is 0.806. The number of nitrogens with two attached hydrogens (primary N) is 1. The fourth-order valence-electron chi connectivity index (χ4n) is 1.67. The van der Waals surface area contributed by atoms with E-state index >= 15 is 0 Å². The normalized spacial score (nSPS) is 12.3. The van der Waals surface area contributed by atoms with Gasteiger partial charge in [0.25, 0.3) is 5.91 Å². The van der Waals surface area contributed by atoms with Crippen LogP contribution >= 0.6 is 0 Å². The zero-order valence-electron chi connectivity index (χ0n) is 11.3. The monoisotopic (exact) mass is 252 g/mol. The number of aromatic nitrogens is 2. The zero-order chi connectivity index (χ0) is 13.7. The van der Waals surface area contributed by atoms with E-state index < -0.39 is 0 Å². The lowest BCUT2D eigenvalue weighted by molar-refractivity contribution is 0.0763. The van der Waals surface area contributed by atoms with Crippen LogP contribution in [0.4, 0.5) is 0 Å². The van der Waals surface area contributed by atoms with Gasteiger partial charge in [0, 0.05) is 26.7 Å². The van der Waals surface area contributed by atoms with E-state index in [1.807, 2.05) is 0 Å². The molecule has 18 heavy (non-hydrogen) atoms. The van der Waals surface area contributed by atoms with Crippen molar-refractivity contribution in [3.05, 3.63) is 23.0 Å². The van der Waals surface area contributed by atoms with Gasteiger partial charge in [-0.25, -0.2) is 0 Å². The van der Waals surface area contributed by atoms with Crippen LogP contribution in [0.3, 0.4) is 0 Å². The van der Waals surface area contributed by atoms with Crippen LogP contribution in [0, 0.1) is 13.8 Å². The maximum absolute atomic E-state index is 12.2. The van der Waals surface area contributed by atoms with Gasteiger partial charge in [0.05, 0.1) is 23.6 Å². The first-order valence-corrected chi connectivity index (χ1v) is 5.76. The minimum absolute atomic E-state index is 0.1000. The Hall–Kier alpha value is -1.53. The molecule has 6 nitrogen and oxygen atoms in total. The van der Waals surface area contributed by atoms with Crippen molar-refractivity contribution in [3.63, 3.8) is 0 Å². The number of methoxy groups -OCH3 is 1. The van der Waals surface area contributed by atoms with E-state index in [9.17, 15) is 4.79 Å². The van der Waals surface area contributed by atoms with Gasteiger partial charge >= 0.3 is 0 Å². The van der Waals surface area contributed by atoms with Crippen LogP contribution < -0.4 is 5.73 Å². The summed E-state index contributed by atoms with van der Waals surface area (Å²) in [7, 11) is 3.30. The molecule has 0 saturated heterocycles. The molecule has 0 spiro atoms. The highest BCUT2D eigenvalue weighted by Gasteiger charge is 2.17. The van der Waals surface area contributed by atoms with E-state index in [2.05, 4.69) is 10.2 Å². The van der Waals surface area contributed by atoms with Crippen molar-refractivity contribution >= 4 is 5.91 Å². The zero-order valence-corrected chi connectivity index (χ0v) is 11.3. The van der Waals surface area contributed by atoms with Crippen LogP contribution in [0.1, 0.15) is 21.7 Å². The van der Waals surface area contributed by atoms with Crippen molar-refractivity contribution in [3.8, 4) is 0 Å². The summed E-state index contributed by atoms with van der Waals surface area (Å²) in [4.78, 5) is 13.8. The highest BCUT2D eigenvalue weighted by Crippen LogP contribution is 2.08. The minimum atomic E-state index is -0.194. The van der Waals surface area contributed by atoms with Crippen molar-refractivity contribution in [1.29, 1.82) is 0 Å². The van der Waals surface area contributed by atoms with Crippen molar-refractivity contribution in [2.24, 2.45) is 5.73 Å². The molecule has 0 aliphatic rings. The SMILES string of the molecule is COCC(N)CN(C)C(=O)c1cc(C)nnc1C. The van der Waals surface area contributed by atoms with Gasteiger partial charge in [-0.2, -0.15) is 10.2 Å². The maximum Gasteiger partial charge on any atom is 0.255 e. The molecule has 0 aliphatic carbocycles. The number of carbonyl (C=O) groups is 1. The summed E-state index contributed by atoms with van der Waals surface area (Å²) in [6.45, 7) is 4.43. The van der Waals surface area contributed by atoms with Crippen molar-refractivity contribution in [1.82, 2.24) is 15.1 Å². The van der Waals surface area contributed by atoms with E-state index in [-0.39, 0.29) is 11.9 Å². The number of rotatable bonds is 5. The summed E-state index contributed by atoms with van der Waals surface area (Å²) >= 11 is 0. The van der Waals surface area contributed by atoms with Crippen LogP contribution in [0.25, 0.3) is 0 Å². The van der Waals surface area contributed by atoms with Crippen LogP contribution in [-0.4, -0.2) is 54.4 Å². The van der Waals surface area contributed by atoms with Gasteiger partial charge in [0.15, 0.2) is 0 Å². The molecule has 1 amide bonds. The fraction of sp³-hybridized carbons (Fsp3) is 0.583. The molecule has 100 valence electrons. The first-order chi connectivity index (χ1) is 8.45. The Morgan fingerprint density at radius 1 is 1.50 bits per heavy atom. The van der Waals surface area contributed by atoms with Crippen LogP contribution in [0.15, 0.2) is 6.07 Å². The molecule has 1 unspecified atom stereocenters. The van der Waals surface area contributed by atoms with E-state index in [0.29, 0.717) is 24.4 Å². The van der Waals surface area contributed by atoms with Crippen molar-refractivity contribution in [2.75, 3.05) is 27.3 Å². The maximum atomic E-state index is 12.2. The number of likely N-dealkylation sites (N-methyl/N-ethyl adjacent to an activating group) is 1. The Balaban J connectivity index is 2.77. The van der Waals surface area contributed by atoms with Gasteiger partial charge in [-0.15, -0.1) is 0 Å². The largest absolute Gasteiger partial charge is 0.383 e. The highest BCUT2D eigenvalue weighted by atomic mass is 16.5. The molecule has 2 N–H and O–H groups in total. The number of hydrogen-bond acceptors (Lipinski definition) is 5. The standard InChI is InChI=1S/C12H20N4O2/c1-8-5-11(9(2)15-14-8)12(17)16(3)6-10(13)7-18-4/h5,10H,6-7,13H2,1-4H3. The third-order valence-corrected chi connectivity index (χ3v) is 2.57. The number of carbonyl (C=O) groups excluding carboxylic acids is 1. The average molecular weight is 252 g/mol. The summed E-state index contributed by atoms with van der Waals surface area (Å²) in [6.07, 6.45) is 0. The Morgan fingerprint density at radius 3 is 2.78 bits per heavy atom. The number of nitrogens with zero attached hydrogens (tertiary/aromatic N) is 3. The predicted octanol–water partition coefficient (Wildman–Crippen LogP) is 0.139. The summed E-state index contributed by atoms with van der Waals surface area (Å²) in [5.74, 6) is -0.1000. The lowest BCUT2D eigenvalue weighted by atomic mass is 10.1. The van der Waals surface area contributed by atoms with Crippen LogP contribution in [0.5, 0.6) is 0 Å². The molecule has 1 atom stereocenters. The average Bonchev–Trinajstić information content (AvgIpc) is 2.31. The topological polar surface area (TPSA) is 81.3 Å². The van der Waals surface area contributed by atoms with Gasteiger partial charge in [0.1, 0.15) is 0 Å². The van der Waals surface area contributed by atoms with Gasteiger partial charge in [-0.3, -0.25) is 4.79 Å². The number of amides is 1. The summed E-state index contributed by atoms with van der Waals surface area (Å²) in [5, 5.41) is 7.85. The molecule has 0 bridgehead atoms. The third-order valence-electron chi connectivity index (χ3n) is 2.57. The molecular weight excluding hydrogens is 232 g/mol. The molecule has 6 heteroatoms. The third kappa shape index (κ3) is 3.75. The lowest BCUT2D eigenvalue weighted by Crippen LogP contribution is -2.41. The smallest absolute Gasteiger partial charge is 0.255 e. The summed E-state index contributed by atoms with van der Waals surface area (Å²) in [5.41, 5.74) is 7.73. The molecular formula is C12H20N4O2. The van der Waals surface area contributed by atoms with Crippen LogP contribution in [-0.2, 0) is 4.74 Å². The molecule has 1 aromatic heterocycles. The van der Waals surface area contributed by atoms with Gasteiger partial charge in [0.2, 0.25) is 0 Å². The second-order valence-electron chi connectivity index (χ2n) is 4.39. The summed E-state index contributed by atoms with van der Waals surface area (Å²) < 4.78 is 4.95. The Kier molecular flexibility index (Phi) is 5.18. The van der Waals surface area contributed by atoms with E-state index in [0.717, 1.165) is 5.69 Å². The Labute approximate surface area is 107 Å². The van der Waals surface area contributed by atoms with Crippen molar-refractivity contribution in [2.45, 2.75) is 19.9 Å². The number of ether oxygens (including phenoxy) is 1. The van der Waals surface area contributed by atoms with Gasteiger partial charge in [-0.1, -0.05) is 0 Å². The Bertz CT molecular complexity index is 423. The molecule has 1 aromatic rings. The highest BCUT2D eigenvalue weighted by molar-refractivity contribution is 5.95. The molecule has 0 radical (unpaired) electrons. The molecule has 0 saturated carbocycles. The van der Waals surface area contributed by atoms with Gasteiger partial charge < -0.3 is 15.4 Å². The predicted molar refractivity (Wildman–Crippen MR) is 68.3 cm³/mol. The van der Waals surface area contributed by atoms with E-state index in [1.165, 1.54) is 0 Å². The number of aryl methyl sites for hydroxylation is 2. The van der Waals surface area contributed by atoms with Gasteiger partial charge in [-0.05, 0) is 19.9 Å². The summed E-state index contributed by atoms with van der Waals surface area (Å²) in [6, 6.07) is 1.54. The second kappa shape index (κ2) is 6.42. The molecule has 0 fully saturated rings. The van der Waals surface area contributed by atoms with Crippen molar-refractivity contribution < 1.29 is 9.53 Å². The fourth-order valence-corrected chi connectivity index (χ4v) is 1.67. The number of hydrogen-bond donors (Lipinski definition) is 1. The first kappa shape index (κ1) is 14.5. The molecule has 0 aromatic carbocycles. The Morgan fingerprint density at radius 2 is 2.17 bits per heavy atom.